The van der Waals surface area contributed by atoms with Crippen molar-refractivity contribution in [3.8, 4) is 28.2 Å². The first kappa shape index (κ1) is 30.3. The molecule has 0 bridgehead atoms. The highest BCUT2D eigenvalue weighted by Gasteiger charge is 2.25. The average Bonchev–Trinajstić information content (AvgIpc) is 4.01. The fourth-order valence-corrected chi connectivity index (χ4v) is 8.32. The number of nitrogens with zero attached hydrogens (tertiary/aromatic N) is 7. The maximum absolute atomic E-state index is 5.41. The van der Waals surface area contributed by atoms with E-state index in [0.717, 1.165) is 89.2 Å². The molecule has 7 heteroatoms. The van der Waals surface area contributed by atoms with Crippen LogP contribution in [0.25, 0.3) is 96.0 Å². The highest BCUT2D eigenvalue weighted by atomic mass is 15.3. The summed E-state index contributed by atoms with van der Waals surface area (Å²) in [5.74, 6) is 1.73. The smallest absolute Gasteiger partial charge is 0.221 e. The molecule has 0 unspecified atom stereocenters. The summed E-state index contributed by atoms with van der Waals surface area (Å²) in [7, 11) is 0. The van der Waals surface area contributed by atoms with Crippen LogP contribution in [0, 0.1) is 0 Å². The van der Waals surface area contributed by atoms with Crippen molar-refractivity contribution in [2.75, 3.05) is 0 Å². The van der Waals surface area contributed by atoms with Crippen molar-refractivity contribution < 1.29 is 0 Å². The summed E-state index contributed by atoms with van der Waals surface area (Å²) in [5.41, 5.74) is 12.9. The first-order valence-corrected chi connectivity index (χ1v) is 18.2. The number of fused-ring (bicyclic) bond motifs is 10. The van der Waals surface area contributed by atoms with Gasteiger partial charge in [-0.15, -0.1) is 0 Å². The fourth-order valence-electron chi connectivity index (χ4n) is 8.32. The molecule has 0 spiro atoms. The Labute approximate surface area is 309 Å². The largest absolute Gasteiger partial charge is 0.294 e. The summed E-state index contributed by atoms with van der Waals surface area (Å²) in [6, 6.07) is 53.6. The van der Waals surface area contributed by atoms with Crippen molar-refractivity contribution in [2.24, 2.45) is 0 Å². The average molecular weight is 696 g/mol. The minimum atomic E-state index is 0.862. The maximum atomic E-state index is 5.41. The Balaban J connectivity index is 1.20. The molecule has 0 aliphatic rings. The van der Waals surface area contributed by atoms with E-state index in [4.69, 9.17) is 9.97 Å². The number of imidazole rings is 4. The Bertz CT molecular complexity index is 3390. The maximum Gasteiger partial charge on any atom is 0.221 e. The van der Waals surface area contributed by atoms with Gasteiger partial charge in [0.05, 0.1) is 38.3 Å². The van der Waals surface area contributed by atoms with Crippen molar-refractivity contribution in [3.63, 3.8) is 0 Å². The minimum absolute atomic E-state index is 0.862. The second-order valence-electron chi connectivity index (χ2n) is 13.6. The quantitative estimate of drug-likeness (QED) is 0.180. The van der Waals surface area contributed by atoms with E-state index in [2.05, 4.69) is 181 Å². The lowest BCUT2D eigenvalue weighted by Crippen LogP contribution is -2.26. The molecular weight excluding hydrogens is 663 g/mol. The first-order valence-electron chi connectivity index (χ1n) is 18.2. The van der Waals surface area contributed by atoms with E-state index in [1.54, 1.807) is 0 Å². The number of para-hydroxylation sites is 4. The monoisotopic (exact) mass is 695 g/mol. The van der Waals surface area contributed by atoms with Gasteiger partial charge in [0, 0.05) is 22.4 Å². The molecule has 7 nitrogen and oxygen atoms in total. The zero-order valence-corrected chi connectivity index (χ0v) is 29.5. The predicted octanol–water partition coefficient (Wildman–Crippen LogP) is 9.40. The third kappa shape index (κ3) is 4.17. The fraction of sp³-hybridized carbons (Fsp3) is 0.0213. The van der Waals surface area contributed by atoms with Crippen LogP contribution < -0.4 is 10.7 Å². The van der Waals surface area contributed by atoms with Crippen molar-refractivity contribution >= 4 is 67.8 Å². The van der Waals surface area contributed by atoms with Crippen molar-refractivity contribution in [3.05, 3.63) is 175 Å². The van der Waals surface area contributed by atoms with E-state index in [1.807, 2.05) is 25.1 Å². The highest BCUT2D eigenvalue weighted by Crippen LogP contribution is 2.39. The third-order valence-electron chi connectivity index (χ3n) is 10.6. The van der Waals surface area contributed by atoms with Crippen molar-refractivity contribution in [1.29, 1.82) is 0 Å². The van der Waals surface area contributed by atoms with E-state index < -0.39 is 0 Å². The number of rotatable bonds is 5. The number of aromatic nitrogens is 7. The van der Waals surface area contributed by atoms with Gasteiger partial charge >= 0.3 is 0 Å². The molecule has 0 aliphatic heterocycles. The molecule has 0 N–H and O–H groups in total. The van der Waals surface area contributed by atoms with Crippen LogP contribution >= 0.6 is 0 Å². The zero-order chi connectivity index (χ0) is 35.9. The van der Waals surface area contributed by atoms with Gasteiger partial charge in [-0.05, 0) is 90.9 Å². The third-order valence-corrected chi connectivity index (χ3v) is 10.6. The van der Waals surface area contributed by atoms with E-state index in [1.165, 1.54) is 5.39 Å². The van der Waals surface area contributed by atoms with Crippen molar-refractivity contribution in [2.45, 2.75) is 6.92 Å². The summed E-state index contributed by atoms with van der Waals surface area (Å²) < 4.78 is 11.5. The SMILES string of the molecule is C=C/C=c1\c(=C/C)nc2n(-c3ccccc3)c3ccc(-c4ccc5c(c4)nc4n(-c6ccccc6)c6c7ccccc7n(-c7ccccc7)c6n54)cc3n12. The van der Waals surface area contributed by atoms with Crippen LogP contribution in [0.5, 0.6) is 0 Å². The minimum Gasteiger partial charge on any atom is -0.294 e. The Morgan fingerprint density at radius 3 is 1.80 bits per heavy atom. The zero-order valence-electron chi connectivity index (χ0n) is 29.5. The predicted molar refractivity (Wildman–Crippen MR) is 221 cm³/mol. The lowest BCUT2D eigenvalue weighted by atomic mass is 10.0. The van der Waals surface area contributed by atoms with Gasteiger partial charge in [-0.1, -0.05) is 104 Å². The molecule has 0 aliphatic carbocycles. The Hall–Kier alpha value is -7.38. The molecule has 5 aromatic heterocycles. The van der Waals surface area contributed by atoms with Crippen LogP contribution in [0.15, 0.2) is 164 Å². The molecule has 5 heterocycles. The van der Waals surface area contributed by atoms with Crippen LogP contribution in [-0.2, 0) is 0 Å². The second-order valence-corrected chi connectivity index (χ2v) is 13.6. The van der Waals surface area contributed by atoms with E-state index in [0.29, 0.717) is 0 Å². The molecular formula is C47H33N7. The van der Waals surface area contributed by atoms with Gasteiger partial charge < -0.3 is 0 Å². The second kappa shape index (κ2) is 11.6. The van der Waals surface area contributed by atoms with Crippen LogP contribution in [-0.4, -0.2) is 32.5 Å². The van der Waals surface area contributed by atoms with Crippen LogP contribution in [0.2, 0.25) is 0 Å². The number of allylic oxidation sites excluding steroid dienone is 1. The molecule has 11 aromatic rings. The normalized spacial score (nSPS) is 12.8. The van der Waals surface area contributed by atoms with Crippen molar-refractivity contribution in [1.82, 2.24) is 32.5 Å². The molecule has 0 saturated heterocycles. The summed E-state index contributed by atoms with van der Waals surface area (Å²) in [6.45, 7) is 6.05. The molecule has 0 fully saturated rings. The van der Waals surface area contributed by atoms with Gasteiger partial charge in [0.1, 0.15) is 5.52 Å². The van der Waals surface area contributed by atoms with Crippen LogP contribution in [0.3, 0.4) is 0 Å². The Morgan fingerprint density at radius 2 is 1.11 bits per heavy atom. The van der Waals surface area contributed by atoms with Gasteiger partial charge in [0.15, 0.2) is 5.65 Å². The first-order chi connectivity index (χ1) is 26.7. The summed E-state index contributed by atoms with van der Waals surface area (Å²) in [6.07, 6.45) is 5.93. The lowest BCUT2D eigenvalue weighted by molar-refractivity contribution is 1.09. The number of benzene rings is 6. The van der Waals surface area contributed by atoms with E-state index in [9.17, 15) is 0 Å². The van der Waals surface area contributed by atoms with Gasteiger partial charge in [-0.2, -0.15) is 0 Å². The molecule has 256 valence electrons. The van der Waals surface area contributed by atoms with Gasteiger partial charge in [0.25, 0.3) is 0 Å². The highest BCUT2D eigenvalue weighted by molar-refractivity contribution is 6.10. The molecule has 0 saturated carbocycles. The topological polar surface area (TPSA) is 49.4 Å². The number of hydrogen-bond acceptors (Lipinski definition) is 2. The van der Waals surface area contributed by atoms with Crippen LogP contribution in [0.1, 0.15) is 6.92 Å². The van der Waals surface area contributed by atoms with Gasteiger partial charge in [-0.3, -0.25) is 22.5 Å². The molecule has 0 atom stereocenters. The van der Waals surface area contributed by atoms with Crippen LogP contribution in [0.4, 0.5) is 0 Å². The molecule has 11 rings (SSSR count). The molecule has 0 amide bonds. The van der Waals surface area contributed by atoms with Gasteiger partial charge in [0.2, 0.25) is 11.6 Å². The Morgan fingerprint density at radius 1 is 0.519 bits per heavy atom. The van der Waals surface area contributed by atoms with Gasteiger partial charge in [-0.25, -0.2) is 9.97 Å². The molecule has 0 radical (unpaired) electrons. The summed E-state index contributed by atoms with van der Waals surface area (Å²) >= 11 is 0. The molecule has 6 aromatic carbocycles. The number of hydrogen-bond donors (Lipinski definition) is 0. The Kier molecular flexibility index (Phi) is 6.48. The standard InChI is InChI=1S/C47H33N7/c1-3-16-40-37(4-2)48-46-51(34-19-10-6-11-20-34)42-28-26-32(30-43(42)53(40)46)31-25-27-41-38(29-31)49-47-52(35-21-12-7-13-22-35)44-36-23-14-15-24-39(36)50(45(44)54(41)47)33-17-8-5-9-18-33/h3-30H,1H2,2H3/b37-4+,40-16+. The summed E-state index contributed by atoms with van der Waals surface area (Å²) in [5, 5.41) is 3.10. The summed E-state index contributed by atoms with van der Waals surface area (Å²) in [4.78, 5) is 10.5. The lowest BCUT2D eigenvalue weighted by Gasteiger charge is -2.08. The van der Waals surface area contributed by atoms with E-state index in [-0.39, 0.29) is 0 Å². The molecule has 54 heavy (non-hydrogen) atoms. The van der Waals surface area contributed by atoms with E-state index >= 15 is 0 Å².